The lowest BCUT2D eigenvalue weighted by atomic mass is 10.0. The Hall–Kier alpha value is -1.68. The first kappa shape index (κ1) is 11.8. The van der Waals surface area contributed by atoms with Crippen molar-refractivity contribution in [2.75, 3.05) is 7.05 Å². The Morgan fingerprint density at radius 3 is 2.65 bits per heavy atom. The van der Waals surface area contributed by atoms with E-state index in [4.69, 9.17) is 0 Å². The van der Waals surface area contributed by atoms with Gasteiger partial charge in [0.25, 0.3) is 0 Å². The van der Waals surface area contributed by atoms with Gasteiger partial charge in [-0.3, -0.25) is 4.68 Å². The molecule has 0 radical (unpaired) electrons. The summed E-state index contributed by atoms with van der Waals surface area (Å²) in [6.45, 7) is 1.95. The van der Waals surface area contributed by atoms with Gasteiger partial charge in [-0.25, -0.2) is 4.39 Å². The van der Waals surface area contributed by atoms with E-state index in [9.17, 15) is 4.39 Å². The molecule has 1 unspecified atom stereocenters. The molecule has 0 amide bonds. The topological polar surface area (TPSA) is 29.9 Å². The molecule has 1 N–H and O–H groups in total. The van der Waals surface area contributed by atoms with Crippen molar-refractivity contribution in [3.05, 3.63) is 53.1 Å². The quantitative estimate of drug-likeness (QED) is 0.880. The number of hydrogen-bond acceptors (Lipinski definition) is 2. The SMILES string of the molecule is CNC(c1cccc(F)c1)c1cc(C)nn1C. The molecule has 0 saturated carbocycles. The Balaban J connectivity index is 2.43. The lowest BCUT2D eigenvalue weighted by molar-refractivity contribution is 0.590. The van der Waals surface area contributed by atoms with Gasteiger partial charge in [-0.2, -0.15) is 5.10 Å². The molecule has 4 heteroatoms. The molecule has 3 nitrogen and oxygen atoms in total. The van der Waals surface area contributed by atoms with E-state index in [0.717, 1.165) is 17.0 Å². The highest BCUT2D eigenvalue weighted by Crippen LogP contribution is 2.22. The van der Waals surface area contributed by atoms with Gasteiger partial charge in [0.15, 0.2) is 0 Å². The zero-order valence-electron chi connectivity index (χ0n) is 10.2. The van der Waals surface area contributed by atoms with Gasteiger partial charge in [0.2, 0.25) is 0 Å². The summed E-state index contributed by atoms with van der Waals surface area (Å²) in [5, 5.41) is 7.50. The van der Waals surface area contributed by atoms with E-state index >= 15 is 0 Å². The van der Waals surface area contributed by atoms with Gasteiger partial charge in [-0.15, -0.1) is 0 Å². The maximum Gasteiger partial charge on any atom is 0.123 e. The Morgan fingerprint density at radius 1 is 1.35 bits per heavy atom. The van der Waals surface area contributed by atoms with Gasteiger partial charge >= 0.3 is 0 Å². The van der Waals surface area contributed by atoms with Gasteiger partial charge < -0.3 is 5.32 Å². The minimum atomic E-state index is -0.221. The molecule has 1 aromatic heterocycles. The Morgan fingerprint density at radius 2 is 2.12 bits per heavy atom. The van der Waals surface area contributed by atoms with E-state index in [0.29, 0.717) is 0 Å². The van der Waals surface area contributed by atoms with Crippen molar-refractivity contribution in [2.24, 2.45) is 7.05 Å². The van der Waals surface area contributed by atoms with Crippen LogP contribution in [-0.2, 0) is 7.05 Å². The molecular weight excluding hydrogens is 217 g/mol. The first-order valence-corrected chi connectivity index (χ1v) is 5.55. The summed E-state index contributed by atoms with van der Waals surface area (Å²) in [7, 11) is 3.75. The van der Waals surface area contributed by atoms with Crippen molar-refractivity contribution in [2.45, 2.75) is 13.0 Å². The molecule has 0 aliphatic rings. The minimum Gasteiger partial charge on any atom is -0.308 e. The van der Waals surface area contributed by atoms with Crippen molar-refractivity contribution >= 4 is 0 Å². The van der Waals surface area contributed by atoms with Crippen molar-refractivity contribution < 1.29 is 4.39 Å². The molecule has 2 aromatic rings. The maximum atomic E-state index is 13.2. The second-order valence-electron chi connectivity index (χ2n) is 4.11. The standard InChI is InChI=1S/C13H16FN3/c1-9-7-12(17(3)16-9)13(15-2)10-5-4-6-11(14)8-10/h4-8,13,15H,1-3H3. The molecule has 0 saturated heterocycles. The van der Waals surface area contributed by atoms with Gasteiger partial charge in [0, 0.05) is 7.05 Å². The molecule has 1 heterocycles. The molecule has 0 fully saturated rings. The van der Waals surface area contributed by atoms with Crippen molar-refractivity contribution in [1.82, 2.24) is 15.1 Å². The van der Waals surface area contributed by atoms with E-state index in [2.05, 4.69) is 10.4 Å². The van der Waals surface area contributed by atoms with Crippen LogP contribution in [0.5, 0.6) is 0 Å². The molecule has 2 rings (SSSR count). The molecular formula is C13H16FN3. The van der Waals surface area contributed by atoms with E-state index in [1.54, 1.807) is 12.1 Å². The van der Waals surface area contributed by atoms with Crippen LogP contribution in [0.4, 0.5) is 4.39 Å². The smallest absolute Gasteiger partial charge is 0.123 e. The molecule has 1 atom stereocenters. The number of aromatic nitrogens is 2. The fourth-order valence-electron chi connectivity index (χ4n) is 2.07. The number of aryl methyl sites for hydroxylation is 2. The summed E-state index contributed by atoms with van der Waals surface area (Å²) < 4.78 is 15.1. The molecule has 0 aliphatic carbocycles. The van der Waals surface area contributed by atoms with E-state index in [1.165, 1.54) is 6.07 Å². The van der Waals surface area contributed by atoms with Crippen molar-refractivity contribution in [3.63, 3.8) is 0 Å². The van der Waals surface area contributed by atoms with Gasteiger partial charge in [0.1, 0.15) is 5.82 Å². The number of hydrogen-bond donors (Lipinski definition) is 1. The van der Waals surface area contributed by atoms with E-state index in [-0.39, 0.29) is 11.9 Å². The zero-order valence-corrected chi connectivity index (χ0v) is 10.2. The third-order valence-corrected chi connectivity index (χ3v) is 2.80. The van der Waals surface area contributed by atoms with Crippen LogP contribution in [0.3, 0.4) is 0 Å². The predicted molar refractivity (Wildman–Crippen MR) is 65.2 cm³/mol. The summed E-state index contributed by atoms with van der Waals surface area (Å²) in [6, 6.07) is 8.59. The first-order valence-electron chi connectivity index (χ1n) is 5.55. The third-order valence-electron chi connectivity index (χ3n) is 2.80. The second kappa shape index (κ2) is 4.67. The Kier molecular flexibility index (Phi) is 3.24. The Labute approximate surface area is 100 Å². The van der Waals surface area contributed by atoms with Gasteiger partial charge in [0.05, 0.1) is 17.4 Å². The summed E-state index contributed by atoms with van der Waals surface area (Å²) in [6.07, 6.45) is 0. The van der Waals surface area contributed by atoms with Crippen molar-refractivity contribution in [3.8, 4) is 0 Å². The second-order valence-corrected chi connectivity index (χ2v) is 4.11. The molecule has 0 bridgehead atoms. The summed E-state index contributed by atoms with van der Waals surface area (Å²) in [4.78, 5) is 0. The van der Waals surface area contributed by atoms with E-state index in [1.807, 2.05) is 37.8 Å². The fourth-order valence-corrected chi connectivity index (χ4v) is 2.07. The number of nitrogens with one attached hydrogen (secondary N) is 1. The number of rotatable bonds is 3. The zero-order chi connectivity index (χ0) is 12.4. The normalized spacial score (nSPS) is 12.7. The van der Waals surface area contributed by atoms with Crippen LogP contribution >= 0.6 is 0 Å². The number of benzene rings is 1. The molecule has 17 heavy (non-hydrogen) atoms. The summed E-state index contributed by atoms with van der Waals surface area (Å²) >= 11 is 0. The fraction of sp³-hybridized carbons (Fsp3) is 0.308. The highest BCUT2D eigenvalue weighted by molar-refractivity contribution is 5.29. The highest BCUT2D eigenvalue weighted by Gasteiger charge is 2.16. The number of halogens is 1. The highest BCUT2D eigenvalue weighted by atomic mass is 19.1. The molecule has 0 aliphatic heterocycles. The number of nitrogens with zero attached hydrogens (tertiary/aromatic N) is 2. The monoisotopic (exact) mass is 233 g/mol. The third kappa shape index (κ3) is 2.36. The van der Waals surface area contributed by atoms with Crippen LogP contribution in [0.25, 0.3) is 0 Å². The van der Waals surface area contributed by atoms with Crippen LogP contribution in [0.1, 0.15) is 23.0 Å². The van der Waals surface area contributed by atoms with Crippen LogP contribution in [0, 0.1) is 12.7 Å². The van der Waals surface area contributed by atoms with Gasteiger partial charge in [-0.1, -0.05) is 12.1 Å². The molecule has 0 spiro atoms. The van der Waals surface area contributed by atoms with Gasteiger partial charge in [-0.05, 0) is 37.7 Å². The average Bonchev–Trinajstić information content (AvgIpc) is 2.59. The van der Waals surface area contributed by atoms with Crippen molar-refractivity contribution in [1.29, 1.82) is 0 Å². The van der Waals surface area contributed by atoms with Crippen LogP contribution < -0.4 is 5.32 Å². The van der Waals surface area contributed by atoms with Crippen LogP contribution in [-0.4, -0.2) is 16.8 Å². The first-order chi connectivity index (χ1) is 8.11. The average molecular weight is 233 g/mol. The molecule has 90 valence electrons. The van der Waals surface area contributed by atoms with E-state index < -0.39 is 0 Å². The summed E-state index contributed by atoms with van der Waals surface area (Å²) in [5.74, 6) is -0.221. The lowest BCUT2D eigenvalue weighted by Gasteiger charge is -2.16. The minimum absolute atomic E-state index is 0.0445. The largest absolute Gasteiger partial charge is 0.308 e. The summed E-state index contributed by atoms with van der Waals surface area (Å²) in [5.41, 5.74) is 2.88. The van der Waals surface area contributed by atoms with Crippen LogP contribution in [0.15, 0.2) is 30.3 Å². The lowest BCUT2D eigenvalue weighted by Crippen LogP contribution is -2.20. The molecule has 1 aromatic carbocycles. The predicted octanol–water partition coefficient (Wildman–Crippen LogP) is 2.18. The Bertz CT molecular complexity index is 519. The van der Waals surface area contributed by atoms with Crippen LogP contribution in [0.2, 0.25) is 0 Å². The maximum absolute atomic E-state index is 13.2.